The van der Waals surface area contributed by atoms with Gasteiger partial charge in [0.25, 0.3) is 5.91 Å². The number of rotatable bonds is 4. The molecule has 0 bridgehead atoms. The van der Waals surface area contributed by atoms with Crippen molar-refractivity contribution in [3.63, 3.8) is 0 Å². The number of carbonyl (C=O) groups is 1. The molecule has 0 spiro atoms. The van der Waals surface area contributed by atoms with Crippen molar-refractivity contribution in [2.24, 2.45) is 0 Å². The van der Waals surface area contributed by atoms with Gasteiger partial charge in [-0.3, -0.25) is 4.79 Å². The second-order valence-corrected chi connectivity index (χ2v) is 10.8. The second kappa shape index (κ2) is 9.39. The van der Waals surface area contributed by atoms with E-state index in [1.54, 1.807) is 17.0 Å². The summed E-state index contributed by atoms with van der Waals surface area (Å²) in [5.74, 6) is 0.918. The molecule has 2 aromatic carbocycles. The molecule has 2 aliphatic rings. The third kappa shape index (κ3) is 4.53. The number of fused-ring (bicyclic) bond motifs is 1. The highest BCUT2D eigenvalue weighted by atomic mass is 32.2. The van der Waals surface area contributed by atoms with Gasteiger partial charge in [0.1, 0.15) is 0 Å². The van der Waals surface area contributed by atoms with Crippen LogP contribution in [0, 0.1) is 13.8 Å². The van der Waals surface area contributed by atoms with Gasteiger partial charge in [0, 0.05) is 61.3 Å². The summed E-state index contributed by atoms with van der Waals surface area (Å²) in [5, 5.41) is 0. The van der Waals surface area contributed by atoms with E-state index in [4.69, 9.17) is 9.47 Å². The molecule has 1 fully saturated rings. The minimum absolute atomic E-state index is 0.0925. The first kappa shape index (κ1) is 23.4. The fourth-order valence-electron chi connectivity index (χ4n) is 4.60. The summed E-state index contributed by atoms with van der Waals surface area (Å²) in [6.45, 7) is 6.27. The smallest absolute Gasteiger partial charge is 0.253 e. The Balaban J connectivity index is 1.25. The minimum Gasteiger partial charge on any atom is -0.490 e. The monoisotopic (exact) mass is 495 g/mol. The summed E-state index contributed by atoms with van der Waals surface area (Å²) in [5.41, 5.74) is 3.86. The molecular formula is C26H29N3O5S. The molecule has 2 aliphatic heterocycles. The van der Waals surface area contributed by atoms with Crippen LogP contribution < -0.4 is 9.47 Å². The van der Waals surface area contributed by atoms with Crippen molar-refractivity contribution in [3.05, 3.63) is 71.5 Å². The van der Waals surface area contributed by atoms with E-state index in [9.17, 15) is 13.2 Å². The Morgan fingerprint density at radius 3 is 2.09 bits per heavy atom. The lowest BCUT2D eigenvalue weighted by Crippen LogP contribution is -2.50. The average molecular weight is 496 g/mol. The van der Waals surface area contributed by atoms with Crippen LogP contribution in [0.4, 0.5) is 0 Å². The standard InChI is InChI=1S/C26H29N3O5S/c1-19-4-5-20(2)29(19)22-8-6-21(7-9-22)26(30)27-12-14-28(15-13-27)35(31,32)23-10-11-24-25(18-23)34-17-3-16-33-24/h4-11,18H,3,12-17H2,1-2H3. The Labute approximate surface area is 205 Å². The fraction of sp³-hybridized carbons (Fsp3) is 0.346. The van der Waals surface area contributed by atoms with Gasteiger partial charge < -0.3 is 18.9 Å². The van der Waals surface area contributed by atoms with Crippen molar-refractivity contribution in [3.8, 4) is 17.2 Å². The van der Waals surface area contributed by atoms with E-state index in [1.807, 2.05) is 38.1 Å². The van der Waals surface area contributed by atoms with Gasteiger partial charge in [-0.1, -0.05) is 0 Å². The summed E-state index contributed by atoms with van der Waals surface area (Å²) in [7, 11) is -3.70. The highest BCUT2D eigenvalue weighted by Gasteiger charge is 2.31. The SMILES string of the molecule is Cc1ccc(C)n1-c1ccc(C(=O)N2CCN(S(=O)(=O)c3ccc4c(c3)OCCCO4)CC2)cc1. The van der Waals surface area contributed by atoms with Gasteiger partial charge in [-0.15, -0.1) is 0 Å². The van der Waals surface area contributed by atoms with Crippen molar-refractivity contribution in [1.82, 2.24) is 13.8 Å². The molecule has 0 unspecified atom stereocenters. The molecule has 0 atom stereocenters. The van der Waals surface area contributed by atoms with Gasteiger partial charge in [0.15, 0.2) is 11.5 Å². The first-order chi connectivity index (χ1) is 16.8. The Hall–Kier alpha value is -3.30. The number of aromatic nitrogens is 1. The van der Waals surface area contributed by atoms with Gasteiger partial charge >= 0.3 is 0 Å². The molecular weight excluding hydrogens is 466 g/mol. The summed E-state index contributed by atoms with van der Waals surface area (Å²) >= 11 is 0. The van der Waals surface area contributed by atoms with Crippen molar-refractivity contribution in [2.75, 3.05) is 39.4 Å². The van der Waals surface area contributed by atoms with E-state index in [2.05, 4.69) is 16.7 Å². The highest BCUT2D eigenvalue weighted by molar-refractivity contribution is 7.89. The van der Waals surface area contributed by atoms with E-state index < -0.39 is 10.0 Å². The molecule has 8 nitrogen and oxygen atoms in total. The van der Waals surface area contributed by atoms with Gasteiger partial charge in [0.05, 0.1) is 18.1 Å². The van der Waals surface area contributed by atoms with E-state index in [1.165, 1.54) is 10.4 Å². The molecule has 35 heavy (non-hydrogen) atoms. The number of sulfonamides is 1. The molecule has 0 radical (unpaired) electrons. The maximum absolute atomic E-state index is 13.2. The van der Waals surface area contributed by atoms with Crippen LogP contribution in [0.25, 0.3) is 5.69 Å². The third-order valence-corrected chi connectivity index (χ3v) is 8.42. The first-order valence-corrected chi connectivity index (χ1v) is 13.2. The first-order valence-electron chi connectivity index (χ1n) is 11.8. The van der Waals surface area contributed by atoms with Crippen LogP contribution >= 0.6 is 0 Å². The predicted molar refractivity (Wildman–Crippen MR) is 132 cm³/mol. The molecule has 5 rings (SSSR count). The lowest BCUT2D eigenvalue weighted by atomic mass is 10.1. The number of piperazine rings is 1. The summed E-state index contributed by atoms with van der Waals surface area (Å²) in [4.78, 5) is 15.0. The van der Waals surface area contributed by atoms with E-state index in [-0.39, 0.29) is 23.9 Å². The lowest BCUT2D eigenvalue weighted by molar-refractivity contribution is 0.0698. The molecule has 0 saturated carbocycles. The topological polar surface area (TPSA) is 81.1 Å². The van der Waals surface area contributed by atoms with Crippen LogP contribution in [0.15, 0.2) is 59.5 Å². The molecule has 0 aliphatic carbocycles. The van der Waals surface area contributed by atoms with E-state index >= 15 is 0 Å². The molecule has 1 amide bonds. The van der Waals surface area contributed by atoms with Gasteiger partial charge in [0.2, 0.25) is 10.0 Å². The number of aryl methyl sites for hydroxylation is 2. The number of benzene rings is 2. The second-order valence-electron chi connectivity index (χ2n) is 8.85. The Morgan fingerprint density at radius 1 is 0.800 bits per heavy atom. The van der Waals surface area contributed by atoms with Crippen LogP contribution in [0.1, 0.15) is 28.2 Å². The highest BCUT2D eigenvalue weighted by Crippen LogP contribution is 2.33. The van der Waals surface area contributed by atoms with E-state index in [0.29, 0.717) is 43.4 Å². The van der Waals surface area contributed by atoms with E-state index in [0.717, 1.165) is 23.5 Å². The number of carbonyl (C=O) groups excluding carboxylic acids is 1. The number of amides is 1. The van der Waals surface area contributed by atoms with Gasteiger partial charge in [-0.25, -0.2) is 8.42 Å². The van der Waals surface area contributed by atoms with Crippen LogP contribution in [0.2, 0.25) is 0 Å². The molecule has 0 N–H and O–H groups in total. The minimum atomic E-state index is -3.70. The van der Waals surface area contributed by atoms with Crippen LogP contribution in [0.3, 0.4) is 0 Å². The lowest BCUT2D eigenvalue weighted by Gasteiger charge is -2.34. The maximum atomic E-state index is 13.2. The van der Waals surface area contributed by atoms with Crippen molar-refractivity contribution < 1.29 is 22.7 Å². The zero-order valence-electron chi connectivity index (χ0n) is 19.9. The van der Waals surface area contributed by atoms with Crippen molar-refractivity contribution in [1.29, 1.82) is 0 Å². The molecule has 184 valence electrons. The normalized spacial score (nSPS) is 16.7. The van der Waals surface area contributed by atoms with Crippen molar-refractivity contribution in [2.45, 2.75) is 25.2 Å². The van der Waals surface area contributed by atoms with Crippen LogP contribution in [-0.4, -0.2) is 67.5 Å². The molecule has 1 aromatic heterocycles. The number of hydrogen-bond donors (Lipinski definition) is 0. The number of ether oxygens (including phenoxy) is 2. The Kier molecular flexibility index (Phi) is 6.29. The number of nitrogens with zero attached hydrogens (tertiary/aromatic N) is 3. The number of hydrogen-bond acceptors (Lipinski definition) is 5. The zero-order valence-corrected chi connectivity index (χ0v) is 20.8. The van der Waals surface area contributed by atoms with Crippen LogP contribution in [-0.2, 0) is 10.0 Å². The summed E-state index contributed by atoms with van der Waals surface area (Å²) < 4.78 is 41.3. The Bertz CT molecular complexity index is 1320. The quantitative estimate of drug-likeness (QED) is 0.554. The predicted octanol–water partition coefficient (Wildman–Crippen LogP) is 3.40. The third-order valence-electron chi connectivity index (χ3n) is 6.53. The van der Waals surface area contributed by atoms with Crippen molar-refractivity contribution >= 4 is 15.9 Å². The molecule has 1 saturated heterocycles. The Morgan fingerprint density at radius 2 is 1.43 bits per heavy atom. The average Bonchev–Trinajstić information content (AvgIpc) is 3.06. The largest absolute Gasteiger partial charge is 0.490 e. The zero-order chi connectivity index (χ0) is 24.6. The molecule has 3 aromatic rings. The van der Waals surface area contributed by atoms with Gasteiger partial charge in [-0.05, 0) is 62.4 Å². The summed E-state index contributed by atoms with van der Waals surface area (Å²) in [6.07, 6.45) is 0.751. The van der Waals surface area contributed by atoms with Gasteiger partial charge in [-0.2, -0.15) is 4.31 Å². The molecule has 3 heterocycles. The summed E-state index contributed by atoms with van der Waals surface area (Å²) in [6, 6.07) is 16.4. The fourth-order valence-corrected chi connectivity index (χ4v) is 6.03. The molecule has 9 heteroatoms. The van der Waals surface area contributed by atoms with Crippen LogP contribution in [0.5, 0.6) is 11.5 Å². The maximum Gasteiger partial charge on any atom is 0.253 e.